The third-order valence-corrected chi connectivity index (χ3v) is 4.10. The lowest BCUT2D eigenvalue weighted by Gasteiger charge is -2.06. The predicted molar refractivity (Wildman–Crippen MR) is 91.7 cm³/mol. The number of ether oxygens (including phenoxy) is 1. The minimum atomic E-state index is -0.383. The number of hydrogen-bond acceptors (Lipinski definition) is 5. The Morgan fingerprint density at radius 3 is 2.72 bits per heavy atom. The molecule has 0 amide bonds. The molecule has 0 N–H and O–H groups in total. The third-order valence-electron chi connectivity index (χ3n) is 4.10. The first-order valence-electron chi connectivity index (χ1n) is 7.68. The molecule has 0 spiro atoms. The molecule has 124 valence electrons. The fourth-order valence-corrected chi connectivity index (χ4v) is 2.84. The van der Waals surface area contributed by atoms with Crippen LogP contribution >= 0.6 is 0 Å². The van der Waals surface area contributed by atoms with Crippen LogP contribution in [-0.2, 0) is 0 Å². The van der Waals surface area contributed by atoms with E-state index in [0.29, 0.717) is 28.1 Å². The number of aryl methyl sites for hydroxylation is 1. The van der Waals surface area contributed by atoms with Gasteiger partial charge in [0.2, 0.25) is 0 Å². The summed E-state index contributed by atoms with van der Waals surface area (Å²) in [7, 11) is 1.52. The third kappa shape index (κ3) is 2.52. The first-order chi connectivity index (χ1) is 12.2. The van der Waals surface area contributed by atoms with E-state index in [1.807, 2.05) is 19.1 Å². The van der Waals surface area contributed by atoms with Crippen LogP contribution in [0.25, 0.3) is 33.5 Å². The second kappa shape index (κ2) is 5.98. The van der Waals surface area contributed by atoms with Gasteiger partial charge in [-0.15, -0.1) is 0 Å². The van der Waals surface area contributed by atoms with Crippen molar-refractivity contribution in [2.45, 2.75) is 6.92 Å². The predicted octanol–water partition coefficient (Wildman–Crippen LogP) is 4.41. The van der Waals surface area contributed by atoms with Crippen molar-refractivity contribution in [1.29, 1.82) is 0 Å². The molecule has 25 heavy (non-hydrogen) atoms. The molecule has 0 aliphatic heterocycles. The largest absolute Gasteiger partial charge is 0.496 e. The van der Waals surface area contributed by atoms with Crippen LogP contribution in [-0.4, -0.2) is 22.2 Å². The van der Waals surface area contributed by atoms with Gasteiger partial charge in [-0.3, -0.25) is 9.97 Å². The van der Waals surface area contributed by atoms with E-state index < -0.39 is 0 Å². The molecule has 0 saturated carbocycles. The Kier molecular flexibility index (Phi) is 3.65. The molecule has 0 unspecified atom stereocenters. The van der Waals surface area contributed by atoms with Crippen LogP contribution in [0.2, 0.25) is 0 Å². The maximum atomic E-state index is 13.7. The van der Waals surface area contributed by atoms with Gasteiger partial charge in [-0.1, -0.05) is 5.16 Å². The Labute approximate surface area is 143 Å². The molecule has 1 aromatic carbocycles. The number of hydrogen-bond donors (Lipinski definition) is 0. The summed E-state index contributed by atoms with van der Waals surface area (Å²) in [5, 5.41) is 4.13. The van der Waals surface area contributed by atoms with Crippen LogP contribution in [0, 0.1) is 12.7 Å². The molecule has 0 fully saturated rings. The van der Waals surface area contributed by atoms with E-state index >= 15 is 0 Å². The summed E-state index contributed by atoms with van der Waals surface area (Å²) in [6.07, 6.45) is 5.19. The van der Waals surface area contributed by atoms with E-state index in [1.165, 1.54) is 19.2 Å². The van der Waals surface area contributed by atoms with Crippen LogP contribution in [0.5, 0.6) is 5.75 Å². The van der Waals surface area contributed by atoms with Gasteiger partial charge in [0.25, 0.3) is 0 Å². The van der Waals surface area contributed by atoms with Crippen LogP contribution in [0.4, 0.5) is 4.39 Å². The van der Waals surface area contributed by atoms with Gasteiger partial charge in [-0.2, -0.15) is 0 Å². The molecule has 4 aromatic rings. The van der Waals surface area contributed by atoms with Crippen molar-refractivity contribution in [2.75, 3.05) is 7.11 Å². The normalized spacial score (nSPS) is 11.0. The van der Waals surface area contributed by atoms with Crippen LogP contribution in [0.15, 0.2) is 53.4 Å². The highest BCUT2D eigenvalue weighted by molar-refractivity contribution is 5.98. The molecule has 0 atom stereocenters. The molecule has 0 aliphatic carbocycles. The fraction of sp³-hybridized carbons (Fsp3) is 0.105. The van der Waals surface area contributed by atoms with Gasteiger partial charge in [0.15, 0.2) is 5.58 Å². The van der Waals surface area contributed by atoms with Gasteiger partial charge in [0.1, 0.15) is 22.8 Å². The second-order valence-corrected chi connectivity index (χ2v) is 5.60. The lowest BCUT2D eigenvalue weighted by atomic mass is 10.0. The van der Waals surface area contributed by atoms with Crippen molar-refractivity contribution in [2.24, 2.45) is 0 Å². The van der Waals surface area contributed by atoms with E-state index in [1.54, 1.807) is 24.7 Å². The van der Waals surface area contributed by atoms with Gasteiger partial charge in [0, 0.05) is 29.7 Å². The van der Waals surface area contributed by atoms with E-state index in [9.17, 15) is 4.39 Å². The zero-order valence-corrected chi connectivity index (χ0v) is 13.7. The van der Waals surface area contributed by atoms with Crippen molar-refractivity contribution in [1.82, 2.24) is 15.1 Å². The van der Waals surface area contributed by atoms with Crippen molar-refractivity contribution >= 4 is 11.1 Å². The van der Waals surface area contributed by atoms with Gasteiger partial charge in [0.05, 0.1) is 12.7 Å². The Hall–Kier alpha value is -3.28. The van der Waals surface area contributed by atoms with Gasteiger partial charge < -0.3 is 9.26 Å². The summed E-state index contributed by atoms with van der Waals surface area (Å²) in [5.74, 6) is 0.118. The zero-order valence-electron chi connectivity index (χ0n) is 13.7. The van der Waals surface area contributed by atoms with E-state index in [4.69, 9.17) is 9.26 Å². The highest BCUT2D eigenvalue weighted by atomic mass is 19.1. The van der Waals surface area contributed by atoms with Gasteiger partial charge in [-0.05, 0) is 42.8 Å². The Balaban J connectivity index is 1.97. The Morgan fingerprint density at radius 1 is 1.04 bits per heavy atom. The molecular formula is C19H14FN3O2. The average molecular weight is 335 g/mol. The van der Waals surface area contributed by atoms with Crippen molar-refractivity contribution in [3.8, 4) is 28.1 Å². The molecule has 5 nitrogen and oxygen atoms in total. The highest BCUT2D eigenvalue weighted by Gasteiger charge is 2.20. The smallest absolute Gasteiger partial charge is 0.193 e. The van der Waals surface area contributed by atoms with Crippen molar-refractivity contribution in [3.05, 3.63) is 60.3 Å². The van der Waals surface area contributed by atoms with Gasteiger partial charge in [-0.25, -0.2) is 4.39 Å². The average Bonchev–Trinajstić information content (AvgIpc) is 3.06. The first kappa shape index (κ1) is 15.3. The summed E-state index contributed by atoms with van der Waals surface area (Å²) in [4.78, 5) is 8.56. The SMILES string of the molecule is COc1ccc(F)cc1-c1noc2c(-c3cnccc3C)ccnc12. The standard InChI is InChI=1S/C19H14FN3O2/c1-11-5-7-21-10-15(11)13-6-8-22-18-17(23-25-19(13)18)14-9-12(20)3-4-16(14)24-2/h3-10H,1-2H3. The Bertz CT molecular complexity index is 1080. The number of nitrogens with zero attached hydrogens (tertiary/aromatic N) is 3. The number of fused-ring (bicyclic) bond motifs is 1. The second-order valence-electron chi connectivity index (χ2n) is 5.60. The van der Waals surface area contributed by atoms with E-state index in [2.05, 4.69) is 15.1 Å². The Morgan fingerprint density at radius 2 is 1.92 bits per heavy atom. The quantitative estimate of drug-likeness (QED) is 0.555. The molecule has 0 bridgehead atoms. The number of methoxy groups -OCH3 is 1. The maximum absolute atomic E-state index is 13.7. The fourth-order valence-electron chi connectivity index (χ4n) is 2.84. The lowest BCUT2D eigenvalue weighted by molar-refractivity contribution is 0.414. The molecule has 6 heteroatoms. The summed E-state index contributed by atoms with van der Waals surface area (Å²) < 4.78 is 24.6. The number of pyridine rings is 2. The number of aromatic nitrogens is 3. The summed E-state index contributed by atoms with van der Waals surface area (Å²) in [6.45, 7) is 2.00. The number of benzene rings is 1. The molecule has 3 aromatic heterocycles. The van der Waals surface area contributed by atoms with Crippen LogP contribution in [0.1, 0.15) is 5.56 Å². The molecule has 4 rings (SSSR count). The van der Waals surface area contributed by atoms with Crippen molar-refractivity contribution in [3.63, 3.8) is 0 Å². The molecule has 0 aliphatic rings. The monoisotopic (exact) mass is 335 g/mol. The van der Waals surface area contributed by atoms with E-state index in [-0.39, 0.29) is 5.82 Å². The molecule has 0 radical (unpaired) electrons. The summed E-state index contributed by atoms with van der Waals surface area (Å²) in [5.41, 5.74) is 4.84. The van der Waals surface area contributed by atoms with E-state index in [0.717, 1.165) is 16.7 Å². The molecule has 0 saturated heterocycles. The first-order valence-corrected chi connectivity index (χ1v) is 7.68. The minimum Gasteiger partial charge on any atom is -0.496 e. The molecular weight excluding hydrogens is 321 g/mol. The summed E-state index contributed by atoms with van der Waals surface area (Å²) >= 11 is 0. The highest BCUT2D eigenvalue weighted by Crippen LogP contribution is 2.37. The number of halogens is 1. The molecule has 3 heterocycles. The minimum absolute atomic E-state index is 0.383. The van der Waals surface area contributed by atoms with Crippen molar-refractivity contribution < 1.29 is 13.7 Å². The van der Waals surface area contributed by atoms with Crippen LogP contribution < -0.4 is 4.74 Å². The maximum Gasteiger partial charge on any atom is 0.193 e. The van der Waals surface area contributed by atoms with Crippen LogP contribution in [0.3, 0.4) is 0 Å². The zero-order chi connectivity index (χ0) is 17.4. The lowest BCUT2D eigenvalue weighted by Crippen LogP contribution is -1.91. The van der Waals surface area contributed by atoms with Gasteiger partial charge >= 0.3 is 0 Å². The topological polar surface area (TPSA) is 61.0 Å². The number of rotatable bonds is 3. The summed E-state index contributed by atoms with van der Waals surface area (Å²) in [6, 6.07) is 8.03.